The number of allylic oxidation sites excluding steroid dienone is 2. The topological polar surface area (TPSA) is 94.1 Å². The number of carbonyl (C=O) groups is 1. The van der Waals surface area contributed by atoms with Crippen molar-refractivity contribution in [2.24, 2.45) is 0 Å². The summed E-state index contributed by atoms with van der Waals surface area (Å²) < 4.78 is 33.7. The minimum absolute atomic E-state index is 0.0261. The van der Waals surface area contributed by atoms with Crippen LogP contribution in [0.5, 0.6) is 0 Å². The Hall–Kier alpha value is -0.760. The van der Waals surface area contributed by atoms with Crippen molar-refractivity contribution in [3.05, 3.63) is 12.2 Å². The molecule has 8 nitrogen and oxygen atoms in total. The first-order chi connectivity index (χ1) is 20.6. The third-order valence-electron chi connectivity index (χ3n) is 7.29. The molecule has 0 aliphatic rings. The molecule has 0 aromatic rings. The van der Waals surface area contributed by atoms with Crippen LogP contribution in [0.3, 0.4) is 0 Å². The monoisotopic (exact) mass is 633 g/mol. The first kappa shape index (κ1) is 42.2. The van der Waals surface area contributed by atoms with Crippen LogP contribution in [0.2, 0.25) is 0 Å². The van der Waals surface area contributed by atoms with E-state index in [0.29, 0.717) is 24.1 Å². The van der Waals surface area contributed by atoms with Crippen LogP contribution in [-0.2, 0) is 27.9 Å². The van der Waals surface area contributed by atoms with Crippen molar-refractivity contribution in [1.82, 2.24) is 0 Å². The van der Waals surface area contributed by atoms with Crippen molar-refractivity contribution in [2.75, 3.05) is 54.1 Å². The van der Waals surface area contributed by atoms with Gasteiger partial charge in [-0.25, -0.2) is 0 Å². The Bertz CT molecular complexity index is 711. The fourth-order valence-electron chi connectivity index (χ4n) is 4.58. The molecular weight excluding hydrogens is 565 g/mol. The second-order valence-corrected chi connectivity index (χ2v) is 14.3. The van der Waals surface area contributed by atoms with Gasteiger partial charge in [0.25, 0.3) is 7.82 Å². The quantitative estimate of drug-likeness (QED) is 0.0241. The fraction of sp³-hybridized carbons (Fsp3) is 0.912. The predicted octanol–water partition coefficient (Wildman–Crippen LogP) is 8.52. The number of unbranched alkanes of at least 4 members (excludes halogenated alkanes) is 16. The first-order valence-corrected chi connectivity index (χ1v) is 18.9. The van der Waals surface area contributed by atoms with Gasteiger partial charge in [-0.15, -0.1) is 0 Å². The zero-order valence-electron chi connectivity index (χ0n) is 28.7. The van der Waals surface area contributed by atoms with Crippen LogP contribution in [0.1, 0.15) is 142 Å². The molecule has 0 fully saturated rings. The molecule has 0 heterocycles. The summed E-state index contributed by atoms with van der Waals surface area (Å²) in [5.41, 5.74) is 0. The van der Waals surface area contributed by atoms with Crippen molar-refractivity contribution >= 4 is 13.8 Å². The standard InChI is InChI=1S/C34H68NO7P/c1-6-8-9-10-11-12-13-14-15-16-17-18-19-20-21-22-23-24-25-26-29-39-31-33(42-34(36)27-7-2)32-41-43(37,38)40-30-28-35(3,4)5/h14-15,33H,6-13,16-32H2,1-5H3/b15-14-. The zero-order chi connectivity index (χ0) is 32.1. The highest BCUT2D eigenvalue weighted by molar-refractivity contribution is 7.45. The van der Waals surface area contributed by atoms with Crippen molar-refractivity contribution in [3.63, 3.8) is 0 Å². The molecule has 0 aliphatic carbocycles. The summed E-state index contributed by atoms with van der Waals surface area (Å²) in [5, 5.41) is 0. The van der Waals surface area contributed by atoms with Crippen molar-refractivity contribution in [1.29, 1.82) is 0 Å². The highest BCUT2D eigenvalue weighted by atomic mass is 31.2. The Morgan fingerprint density at radius 3 is 1.72 bits per heavy atom. The Balaban J connectivity index is 3.81. The lowest BCUT2D eigenvalue weighted by Gasteiger charge is -2.28. The van der Waals surface area contributed by atoms with E-state index in [4.69, 9.17) is 18.5 Å². The zero-order valence-corrected chi connectivity index (χ0v) is 29.6. The van der Waals surface area contributed by atoms with Crippen LogP contribution in [-0.4, -0.2) is 70.7 Å². The molecule has 2 unspecified atom stereocenters. The Morgan fingerprint density at radius 2 is 1.21 bits per heavy atom. The lowest BCUT2D eigenvalue weighted by atomic mass is 10.1. The Kier molecular flexibility index (Phi) is 28.2. The highest BCUT2D eigenvalue weighted by Crippen LogP contribution is 2.38. The van der Waals surface area contributed by atoms with Gasteiger partial charge in [0.1, 0.15) is 19.3 Å². The van der Waals surface area contributed by atoms with Gasteiger partial charge in [-0.1, -0.05) is 109 Å². The van der Waals surface area contributed by atoms with Crippen LogP contribution >= 0.6 is 7.82 Å². The molecule has 0 saturated carbocycles. The van der Waals surface area contributed by atoms with Gasteiger partial charge in [0.15, 0.2) is 0 Å². The van der Waals surface area contributed by atoms with E-state index in [2.05, 4.69) is 19.1 Å². The largest absolute Gasteiger partial charge is 0.756 e. The molecule has 0 amide bonds. The summed E-state index contributed by atoms with van der Waals surface area (Å²) in [6.45, 7) is 5.04. The molecule has 0 saturated heterocycles. The summed E-state index contributed by atoms with van der Waals surface area (Å²) in [5.74, 6) is -0.387. The Labute approximate surface area is 265 Å². The van der Waals surface area contributed by atoms with Crippen molar-refractivity contribution in [3.8, 4) is 0 Å². The molecule has 0 N–H and O–H groups in total. The van der Waals surface area contributed by atoms with Crippen LogP contribution in [0.25, 0.3) is 0 Å². The highest BCUT2D eigenvalue weighted by Gasteiger charge is 2.20. The molecule has 0 rings (SSSR count). The van der Waals surface area contributed by atoms with Crippen molar-refractivity contribution < 1.29 is 37.3 Å². The van der Waals surface area contributed by atoms with Gasteiger partial charge in [-0.3, -0.25) is 9.36 Å². The molecule has 0 spiro atoms. The molecule has 9 heteroatoms. The number of phosphoric acid groups is 1. The summed E-state index contributed by atoms with van der Waals surface area (Å²) in [6, 6.07) is 0. The number of esters is 1. The maximum absolute atomic E-state index is 12.1. The molecule has 2 atom stereocenters. The minimum atomic E-state index is -4.48. The van der Waals surface area contributed by atoms with E-state index in [1.165, 1.54) is 103 Å². The predicted molar refractivity (Wildman–Crippen MR) is 176 cm³/mol. The lowest BCUT2D eigenvalue weighted by Crippen LogP contribution is -2.37. The number of rotatable bonds is 32. The van der Waals surface area contributed by atoms with E-state index in [-0.39, 0.29) is 32.2 Å². The van der Waals surface area contributed by atoms with E-state index < -0.39 is 13.9 Å². The number of quaternary nitrogens is 1. The number of ether oxygens (including phenoxy) is 2. The van der Waals surface area contributed by atoms with Gasteiger partial charge < -0.3 is 27.9 Å². The number of nitrogens with zero attached hydrogens (tertiary/aromatic N) is 1. The van der Waals surface area contributed by atoms with E-state index in [1.54, 1.807) is 0 Å². The third-order valence-corrected chi connectivity index (χ3v) is 8.25. The number of phosphoric ester groups is 1. The van der Waals surface area contributed by atoms with Gasteiger partial charge in [0.05, 0.1) is 34.4 Å². The summed E-state index contributed by atoms with van der Waals surface area (Å²) in [4.78, 5) is 24.1. The van der Waals surface area contributed by atoms with Crippen LogP contribution in [0.4, 0.5) is 0 Å². The van der Waals surface area contributed by atoms with E-state index in [0.717, 1.165) is 12.8 Å². The fourth-order valence-corrected chi connectivity index (χ4v) is 5.31. The molecule has 0 aliphatic heterocycles. The smallest absolute Gasteiger partial charge is 0.306 e. The maximum Gasteiger partial charge on any atom is 0.306 e. The first-order valence-electron chi connectivity index (χ1n) is 17.4. The number of carbonyl (C=O) groups excluding carboxylic acids is 1. The summed E-state index contributed by atoms with van der Waals surface area (Å²) in [7, 11) is 1.35. The molecule has 256 valence electrons. The van der Waals surface area contributed by atoms with E-state index in [9.17, 15) is 14.3 Å². The molecule has 0 radical (unpaired) electrons. The third kappa shape index (κ3) is 32.4. The van der Waals surface area contributed by atoms with E-state index >= 15 is 0 Å². The molecular formula is C34H68NO7P. The minimum Gasteiger partial charge on any atom is -0.756 e. The normalized spacial score (nSPS) is 14.3. The molecule has 0 aromatic heterocycles. The molecule has 43 heavy (non-hydrogen) atoms. The van der Waals surface area contributed by atoms with Gasteiger partial charge in [-0.05, 0) is 38.5 Å². The van der Waals surface area contributed by atoms with Crippen molar-refractivity contribution in [2.45, 2.75) is 148 Å². The number of hydrogen-bond acceptors (Lipinski definition) is 7. The summed E-state index contributed by atoms with van der Waals surface area (Å²) in [6.07, 6.45) is 28.1. The SMILES string of the molecule is CCCCCCCC/C=C\CCCCCCCCCCCCOCC(COP(=O)([O-])OCC[N+](C)(C)C)OC(=O)CCC. The van der Waals surface area contributed by atoms with Crippen LogP contribution in [0, 0.1) is 0 Å². The Morgan fingerprint density at radius 1 is 0.698 bits per heavy atom. The lowest BCUT2D eigenvalue weighted by molar-refractivity contribution is -0.870. The second kappa shape index (κ2) is 28.7. The van der Waals surface area contributed by atoms with Gasteiger partial charge in [0.2, 0.25) is 0 Å². The van der Waals surface area contributed by atoms with E-state index in [1.807, 2.05) is 28.1 Å². The average molecular weight is 634 g/mol. The maximum atomic E-state index is 12.1. The van der Waals surface area contributed by atoms with Gasteiger partial charge in [-0.2, -0.15) is 0 Å². The number of hydrogen-bond donors (Lipinski definition) is 0. The number of likely N-dealkylation sites (N-methyl/N-ethyl adjacent to an activating group) is 1. The molecule has 0 bridgehead atoms. The second-order valence-electron chi connectivity index (χ2n) is 12.9. The average Bonchev–Trinajstić information content (AvgIpc) is 2.93. The summed E-state index contributed by atoms with van der Waals surface area (Å²) >= 11 is 0. The van der Waals surface area contributed by atoms with Crippen LogP contribution in [0.15, 0.2) is 12.2 Å². The van der Waals surface area contributed by atoms with Gasteiger partial charge >= 0.3 is 5.97 Å². The van der Waals surface area contributed by atoms with Gasteiger partial charge in [0, 0.05) is 13.0 Å². The molecule has 0 aromatic carbocycles. The van der Waals surface area contributed by atoms with Crippen LogP contribution < -0.4 is 4.89 Å².